The molecule has 4 aromatic rings. The van der Waals surface area contributed by atoms with Crippen LogP contribution in [0.3, 0.4) is 0 Å². The van der Waals surface area contributed by atoms with Crippen LogP contribution in [0.15, 0.2) is 61.1 Å². The first-order valence-electron chi connectivity index (χ1n) is 6.89. The van der Waals surface area contributed by atoms with Crippen molar-refractivity contribution in [3.05, 3.63) is 66.6 Å². The number of hydrogen-bond acceptors (Lipinski definition) is 3. The first kappa shape index (κ1) is 12.0. The lowest BCUT2D eigenvalue weighted by molar-refractivity contribution is 1.32. The van der Waals surface area contributed by atoms with Crippen LogP contribution in [-0.4, -0.2) is 15.0 Å². The second-order valence-corrected chi connectivity index (χ2v) is 5.06. The molecule has 0 atom stereocenters. The lowest BCUT2D eigenvalue weighted by atomic mass is 9.99. The molecule has 0 aliphatic carbocycles. The zero-order valence-electron chi connectivity index (χ0n) is 11.6. The van der Waals surface area contributed by atoms with Gasteiger partial charge in [0.2, 0.25) is 0 Å². The summed E-state index contributed by atoms with van der Waals surface area (Å²) in [5.74, 6) is 0. The van der Waals surface area contributed by atoms with E-state index in [0.29, 0.717) is 0 Å². The minimum Gasteiger partial charge on any atom is -0.256 e. The summed E-state index contributed by atoms with van der Waals surface area (Å²) < 4.78 is 0. The van der Waals surface area contributed by atoms with E-state index >= 15 is 0 Å². The number of nitrogens with zero attached hydrogens (tertiary/aromatic N) is 3. The second-order valence-electron chi connectivity index (χ2n) is 5.06. The van der Waals surface area contributed by atoms with E-state index in [4.69, 9.17) is 0 Å². The fraction of sp³-hybridized carbons (Fsp3) is 0.0556. The van der Waals surface area contributed by atoms with Crippen molar-refractivity contribution < 1.29 is 0 Å². The van der Waals surface area contributed by atoms with Gasteiger partial charge in [0.1, 0.15) is 0 Å². The topological polar surface area (TPSA) is 38.7 Å². The number of aryl methyl sites for hydroxylation is 1. The number of rotatable bonds is 1. The first-order valence-corrected chi connectivity index (χ1v) is 6.89. The molecule has 0 radical (unpaired) electrons. The maximum atomic E-state index is 4.59. The molecule has 0 saturated carbocycles. The second kappa shape index (κ2) is 4.63. The SMILES string of the molecule is Cc1ccc(-c2nccc3ncccc23)c2cccnc12. The smallest absolute Gasteiger partial charge is 0.0802 e. The normalized spacial score (nSPS) is 11.1. The average molecular weight is 271 g/mol. The highest BCUT2D eigenvalue weighted by molar-refractivity contribution is 6.02. The van der Waals surface area contributed by atoms with E-state index in [-0.39, 0.29) is 0 Å². The van der Waals surface area contributed by atoms with Crippen LogP contribution in [0.1, 0.15) is 5.56 Å². The van der Waals surface area contributed by atoms with Gasteiger partial charge in [0.25, 0.3) is 0 Å². The molecule has 3 nitrogen and oxygen atoms in total. The fourth-order valence-electron chi connectivity index (χ4n) is 2.74. The molecule has 4 rings (SSSR count). The van der Waals surface area contributed by atoms with E-state index in [1.807, 2.05) is 30.6 Å². The molecule has 0 bridgehead atoms. The maximum Gasteiger partial charge on any atom is 0.0802 e. The van der Waals surface area contributed by atoms with E-state index in [2.05, 4.69) is 46.1 Å². The van der Waals surface area contributed by atoms with Crippen LogP contribution in [0.4, 0.5) is 0 Å². The maximum absolute atomic E-state index is 4.59. The van der Waals surface area contributed by atoms with Crippen molar-refractivity contribution >= 4 is 21.8 Å². The molecule has 3 heterocycles. The molecule has 3 aromatic heterocycles. The summed E-state index contributed by atoms with van der Waals surface area (Å²) in [6.07, 6.45) is 5.45. The molecule has 0 fully saturated rings. The van der Waals surface area contributed by atoms with Gasteiger partial charge in [-0.2, -0.15) is 0 Å². The Morgan fingerprint density at radius 3 is 2.43 bits per heavy atom. The van der Waals surface area contributed by atoms with Crippen LogP contribution in [0, 0.1) is 6.92 Å². The lowest BCUT2D eigenvalue weighted by Crippen LogP contribution is -1.91. The van der Waals surface area contributed by atoms with Crippen molar-refractivity contribution in [2.75, 3.05) is 0 Å². The molecule has 0 spiro atoms. The van der Waals surface area contributed by atoms with Crippen LogP contribution < -0.4 is 0 Å². The quantitative estimate of drug-likeness (QED) is 0.522. The number of benzene rings is 1. The Morgan fingerprint density at radius 1 is 0.714 bits per heavy atom. The van der Waals surface area contributed by atoms with Crippen LogP contribution in [-0.2, 0) is 0 Å². The van der Waals surface area contributed by atoms with E-state index in [1.54, 1.807) is 6.20 Å². The minimum absolute atomic E-state index is 0.957. The van der Waals surface area contributed by atoms with Gasteiger partial charge >= 0.3 is 0 Å². The van der Waals surface area contributed by atoms with Gasteiger partial charge in [0.15, 0.2) is 0 Å². The molecule has 0 saturated heterocycles. The van der Waals surface area contributed by atoms with Crippen LogP contribution >= 0.6 is 0 Å². The molecule has 0 aliphatic heterocycles. The van der Waals surface area contributed by atoms with Gasteiger partial charge in [-0.1, -0.05) is 18.2 Å². The van der Waals surface area contributed by atoms with E-state index < -0.39 is 0 Å². The Bertz CT molecular complexity index is 955. The highest BCUT2D eigenvalue weighted by Crippen LogP contribution is 2.32. The minimum atomic E-state index is 0.957. The van der Waals surface area contributed by atoms with Crippen molar-refractivity contribution in [3.8, 4) is 11.3 Å². The summed E-state index contributed by atoms with van der Waals surface area (Å²) in [6, 6.07) is 14.2. The number of pyridine rings is 3. The summed E-state index contributed by atoms with van der Waals surface area (Å²) in [5, 5.41) is 2.19. The van der Waals surface area contributed by atoms with Crippen molar-refractivity contribution in [2.45, 2.75) is 6.92 Å². The molecular formula is C18H13N3. The summed E-state index contributed by atoms with van der Waals surface area (Å²) in [5.41, 5.74) is 5.21. The third-order valence-corrected chi connectivity index (χ3v) is 3.76. The Morgan fingerprint density at radius 2 is 1.52 bits per heavy atom. The molecule has 21 heavy (non-hydrogen) atoms. The molecule has 0 N–H and O–H groups in total. The summed E-state index contributed by atoms with van der Waals surface area (Å²) in [7, 11) is 0. The van der Waals surface area contributed by atoms with Gasteiger partial charge in [-0.15, -0.1) is 0 Å². The predicted octanol–water partition coefficient (Wildman–Crippen LogP) is 4.15. The Labute approximate surface area is 122 Å². The van der Waals surface area contributed by atoms with Crippen molar-refractivity contribution in [3.63, 3.8) is 0 Å². The van der Waals surface area contributed by atoms with Gasteiger partial charge < -0.3 is 0 Å². The van der Waals surface area contributed by atoms with Gasteiger partial charge in [0.05, 0.1) is 16.7 Å². The molecule has 0 unspecified atom stereocenters. The van der Waals surface area contributed by atoms with Crippen molar-refractivity contribution in [1.29, 1.82) is 0 Å². The molecule has 3 heteroatoms. The standard InChI is InChI=1S/C18H13N3/c1-12-6-7-14(13-4-2-10-20-17(12)13)18-15-5-3-9-19-16(15)8-11-21-18/h2-11H,1H3. The Balaban J connectivity index is 2.13. The zero-order chi connectivity index (χ0) is 14.2. The van der Waals surface area contributed by atoms with Crippen molar-refractivity contribution in [1.82, 2.24) is 15.0 Å². The fourth-order valence-corrected chi connectivity index (χ4v) is 2.74. The average Bonchev–Trinajstić information content (AvgIpc) is 2.55. The van der Waals surface area contributed by atoms with Gasteiger partial charge in [-0.25, -0.2) is 0 Å². The van der Waals surface area contributed by atoms with Crippen molar-refractivity contribution in [2.24, 2.45) is 0 Å². The molecule has 0 aliphatic rings. The van der Waals surface area contributed by atoms with Gasteiger partial charge in [0, 0.05) is 34.9 Å². The number of aromatic nitrogens is 3. The molecular weight excluding hydrogens is 258 g/mol. The number of hydrogen-bond donors (Lipinski definition) is 0. The van der Waals surface area contributed by atoms with E-state index in [0.717, 1.165) is 33.1 Å². The highest BCUT2D eigenvalue weighted by atomic mass is 14.7. The van der Waals surface area contributed by atoms with Crippen LogP contribution in [0.2, 0.25) is 0 Å². The predicted molar refractivity (Wildman–Crippen MR) is 85.0 cm³/mol. The first-order chi connectivity index (χ1) is 10.3. The third-order valence-electron chi connectivity index (χ3n) is 3.76. The Kier molecular flexibility index (Phi) is 2.64. The third kappa shape index (κ3) is 1.86. The van der Waals surface area contributed by atoms with E-state index in [1.165, 1.54) is 5.56 Å². The summed E-state index contributed by atoms with van der Waals surface area (Å²) >= 11 is 0. The van der Waals surface area contributed by atoms with Gasteiger partial charge in [-0.3, -0.25) is 15.0 Å². The molecule has 100 valence electrons. The van der Waals surface area contributed by atoms with Gasteiger partial charge in [-0.05, 0) is 36.8 Å². The summed E-state index contributed by atoms with van der Waals surface area (Å²) in [6.45, 7) is 2.08. The molecule has 0 amide bonds. The van der Waals surface area contributed by atoms with E-state index in [9.17, 15) is 0 Å². The van der Waals surface area contributed by atoms with Crippen LogP contribution in [0.25, 0.3) is 33.1 Å². The largest absolute Gasteiger partial charge is 0.256 e. The number of fused-ring (bicyclic) bond motifs is 2. The molecule has 1 aromatic carbocycles. The Hall–Kier alpha value is -2.81. The summed E-state index contributed by atoms with van der Waals surface area (Å²) in [4.78, 5) is 13.5. The van der Waals surface area contributed by atoms with Crippen LogP contribution in [0.5, 0.6) is 0 Å². The zero-order valence-corrected chi connectivity index (χ0v) is 11.6. The highest BCUT2D eigenvalue weighted by Gasteiger charge is 2.10. The lowest BCUT2D eigenvalue weighted by Gasteiger charge is -2.09. The monoisotopic (exact) mass is 271 g/mol.